The van der Waals surface area contributed by atoms with Gasteiger partial charge in [-0.2, -0.15) is 0 Å². The summed E-state index contributed by atoms with van der Waals surface area (Å²) in [5.74, 6) is 0.795. The highest BCUT2D eigenvalue weighted by molar-refractivity contribution is 7.57. The molecule has 1 unspecified atom stereocenters. The summed E-state index contributed by atoms with van der Waals surface area (Å²) in [6, 6.07) is 0. The third-order valence-electron chi connectivity index (χ3n) is 2.73. The van der Waals surface area contributed by atoms with Crippen LogP contribution >= 0.6 is 7.60 Å². The van der Waals surface area contributed by atoms with Gasteiger partial charge in [0.25, 0.3) is 0 Å². The normalized spacial score (nSPS) is 23.9. The average molecular weight is 292 g/mol. The van der Waals surface area contributed by atoms with Gasteiger partial charge in [0.2, 0.25) is 0 Å². The Morgan fingerprint density at radius 2 is 2.00 bits per heavy atom. The number of esters is 1. The van der Waals surface area contributed by atoms with Gasteiger partial charge in [-0.05, 0) is 32.8 Å². The summed E-state index contributed by atoms with van der Waals surface area (Å²) in [5.41, 5.74) is -1.17. The van der Waals surface area contributed by atoms with Gasteiger partial charge in [-0.3, -0.25) is 4.57 Å². The second-order valence-electron chi connectivity index (χ2n) is 4.02. The highest BCUT2D eigenvalue weighted by Gasteiger charge is 2.42. The van der Waals surface area contributed by atoms with E-state index in [0.717, 1.165) is 6.42 Å². The zero-order valence-corrected chi connectivity index (χ0v) is 12.5. The Morgan fingerprint density at radius 3 is 2.42 bits per heavy atom. The summed E-state index contributed by atoms with van der Waals surface area (Å²) in [5, 5.41) is 0. The molecule has 1 fully saturated rings. The first-order chi connectivity index (χ1) is 9.02. The molecule has 0 aliphatic carbocycles. The van der Waals surface area contributed by atoms with Gasteiger partial charge in [-0.1, -0.05) is 0 Å². The van der Waals surface area contributed by atoms with Crippen LogP contribution in [0.4, 0.5) is 0 Å². The highest BCUT2D eigenvalue weighted by atomic mass is 31.2. The largest absolute Gasteiger partial charge is 0.467 e. The second kappa shape index (κ2) is 7.20. The Bertz CT molecular complexity index is 362. The minimum atomic E-state index is -3.33. The number of hydrogen-bond donors (Lipinski definition) is 0. The van der Waals surface area contributed by atoms with Crippen molar-refractivity contribution in [2.24, 2.45) is 0 Å². The van der Waals surface area contributed by atoms with Crippen molar-refractivity contribution in [1.29, 1.82) is 0 Å². The van der Waals surface area contributed by atoms with Gasteiger partial charge in [0, 0.05) is 12.4 Å². The van der Waals surface area contributed by atoms with E-state index in [-0.39, 0.29) is 13.2 Å². The molecule has 1 atom stereocenters. The average Bonchev–Trinajstić information content (AvgIpc) is 2.86. The first-order valence-corrected chi connectivity index (χ1v) is 7.94. The molecule has 110 valence electrons. The molecule has 0 aromatic heterocycles. The van der Waals surface area contributed by atoms with Gasteiger partial charge < -0.3 is 18.5 Å². The van der Waals surface area contributed by atoms with E-state index < -0.39 is 19.2 Å². The van der Waals surface area contributed by atoms with E-state index in [2.05, 4.69) is 0 Å². The van der Waals surface area contributed by atoms with E-state index in [4.69, 9.17) is 18.5 Å². The number of carbonyl (C=O) groups excluding carboxylic acids is 1. The van der Waals surface area contributed by atoms with E-state index in [0.29, 0.717) is 13.0 Å². The molecule has 0 radical (unpaired) electrons. The van der Waals surface area contributed by atoms with Gasteiger partial charge in [0.1, 0.15) is 0 Å². The van der Waals surface area contributed by atoms with Gasteiger partial charge in [0.05, 0.1) is 20.3 Å². The number of methoxy groups -OCH3 is 1. The third kappa shape index (κ3) is 4.14. The van der Waals surface area contributed by atoms with E-state index in [9.17, 15) is 9.36 Å². The van der Waals surface area contributed by atoms with Crippen molar-refractivity contribution in [2.75, 3.05) is 26.9 Å². The maximum atomic E-state index is 12.3. The van der Waals surface area contributed by atoms with Crippen molar-refractivity contribution >= 4 is 13.6 Å². The van der Waals surface area contributed by atoms with E-state index in [1.54, 1.807) is 13.8 Å². The molecule has 1 rings (SSSR count). The topological polar surface area (TPSA) is 71.1 Å². The van der Waals surface area contributed by atoms with Crippen LogP contribution in [-0.2, 0) is 27.9 Å². The smallest absolute Gasteiger partial charge is 0.353 e. The van der Waals surface area contributed by atoms with Crippen LogP contribution in [0.25, 0.3) is 0 Å². The van der Waals surface area contributed by atoms with Crippen molar-refractivity contribution in [3.05, 3.63) is 11.9 Å². The predicted octanol–water partition coefficient (Wildman–Crippen LogP) is 2.49. The summed E-state index contributed by atoms with van der Waals surface area (Å²) in [6.45, 7) is 4.43. The van der Waals surface area contributed by atoms with Crippen LogP contribution in [0.5, 0.6) is 0 Å². The molecule has 0 bridgehead atoms. The van der Waals surface area contributed by atoms with Crippen molar-refractivity contribution in [1.82, 2.24) is 0 Å². The Balaban J connectivity index is 2.91. The Labute approximate surface area is 113 Å². The molecule has 0 aromatic carbocycles. The first-order valence-electron chi connectivity index (χ1n) is 6.33. The maximum absolute atomic E-state index is 12.3. The lowest BCUT2D eigenvalue weighted by atomic mass is 10.0. The standard InChI is InChI=1S/C12H21O6P/c1-4-17-19(14,18-5-2)10-8-12(11(13)15-3)7-6-9-16-12/h8,10H,4-7,9H2,1-3H3/b10-8+. The molecule has 0 saturated carbocycles. The molecule has 1 aliphatic heterocycles. The second-order valence-corrected chi connectivity index (χ2v) is 5.92. The number of carbonyl (C=O) groups is 1. The molecular formula is C12H21O6P. The molecule has 0 N–H and O–H groups in total. The third-order valence-corrected chi connectivity index (χ3v) is 4.48. The molecule has 1 aliphatic rings. The quantitative estimate of drug-likeness (QED) is 0.530. The van der Waals surface area contributed by atoms with Crippen molar-refractivity contribution in [3.8, 4) is 0 Å². The van der Waals surface area contributed by atoms with Crippen LogP contribution < -0.4 is 0 Å². The molecule has 7 heteroatoms. The highest BCUT2D eigenvalue weighted by Crippen LogP contribution is 2.50. The lowest BCUT2D eigenvalue weighted by Gasteiger charge is -2.22. The molecule has 6 nitrogen and oxygen atoms in total. The summed E-state index contributed by atoms with van der Waals surface area (Å²) < 4.78 is 32.7. The molecule has 19 heavy (non-hydrogen) atoms. The Kier molecular flexibility index (Phi) is 6.20. The number of hydrogen-bond acceptors (Lipinski definition) is 6. The predicted molar refractivity (Wildman–Crippen MR) is 69.9 cm³/mol. The van der Waals surface area contributed by atoms with Gasteiger partial charge in [-0.25, -0.2) is 4.79 Å². The van der Waals surface area contributed by atoms with Crippen LogP contribution in [0.15, 0.2) is 11.9 Å². The first kappa shape index (κ1) is 16.4. The molecule has 0 aromatic rings. The van der Waals surface area contributed by atoms with Gasteiger partial charge >= 0.3 is 13.6 Å². The maximum Gasteiger partial charge on any atom is 0.353 e. The lowest BCUT2D eigenvalue weighted by molar-refractivity contribution is -0.158. The zero-order valence-electron chi connectivity index (χ0n) is 11.6. The van der Waals surface area contributed by atoms with Gasteiger partial charge in [0.15, 0.2) is 5.60 Å². The molecular weight excluding hydrogens is 271 g/mol. The molecule has 1 heterocycles. The van der Waals surface area contributed by atoms with E-state index >= 15 is 0 Å². The van der Waals surface area contributed by atoms with Crippen molar-refractivity contribution < 1.29 is 27.9 Å². The molecule has 0 spiro atoms. The Hall–Kier alpha value is -0.680. The SMILES string of the molecule is CCOP(=O)(/C=C/C1(C(=O)OC)CCCO1)OCC. The summed E-state index contributed by atoms with van der Waals surface area (Å²) >= 11 is 0. The fourth-order valence-electron chi connectivity index (χ4n) is 1.89. The fourth-order valence-corrected chi connectivity index (χ4v) is 3.28. The minimum Gasteiger partial charge on any atom is -0.467 e. The number of rotatable bonds is 7. The number of ether oxygens (including phenoxy) is 2. The molecule has 0 amide bonds. The summed E-state index contributed by atoms with van der Waals surface area (Å²) in [4.78, 5) is 11.8. The minimum absolute atomic E-state index is 0.258. The fraction of sp³-hybridized carbons (Fsp3) is 0.750. The van der Waals surface area contributed by atoms with E-state index in [1.807, 2.05) is 0 Å². The lowest BCUT2D eigenvalue weighted by Crippen LogP contribution is -2.36. The van der Waals surface area contributed by atoms with Crippen molar-refractivity contribution in [3.63, 3.8) is 0 Å². The monoisotopic (exact) mass is 292 g/mol. The van der Waals surface area contributed by atoms with Crippen LogP contribution in [0.3, 0.4) is 0 Å². The van der Waals surface area contributed by atoms with Crippen LogP contribution in [0.2, 0.25) is 0 Å². The van der Waals surface area contributed by atoms with Crippen LogP contribution in [-0.4, -0.2) is 38.5 Å². The van der Waals surface area contributed by atoms with E-state index in [1.165, 1.54) is 19.0 Å². The Morgan fingerprint density at radius 1 is 1.37 bits per heavy atom. The zero-order chi connectivity index (χ0) is 14.4. The van der Waals surface area contributed by atoms with Crippen molar-refractivity contribution in [2.45, 2.75) is 32.3 Å². The molecule has 1 saturated heterocycles. The van der Waals surface area contributed by atoms with Crippen LogP contribution in [0, 0.1) is 0 Å². The summed E-state index contributed by atoms with van der Waals surface area (Å²) in [7, 11) is -2.04. The summed E-state index contributed by atoms with van der Waals surface area (Å²) in [6.07, 6.45) is 2.68. The van der Waals surface area contributed by atoms with Gasteiger partial charge in [-0.15, -0.1) is 0 Å². The van der Waals surface area contributed by atoms with Crippen LogP contribution in [0.1, 0.15) is 26.7 Å².